The van der Waals surface area contributed by atoms with Crippen LogP contribution in [0.3, 0.4) is 0 Å². The van der Waals surface area contributed by atoms with Crippen molar-refractivity contribution in [3.05, 3.63) is 59.2 Å². The average molecular weight is 433 g/mol. The number of esters is 1. The van der Waals surface area contributed by atoms with E-state index in [1.165, 1.54) is 39.6 Å². The standard InChI is InChI=1S/C20H23N3O6S/c1-14-11-17(9-10-18(14)28-3)30(26,27)23(2)13-19(24)22-21-12-15-5-7-16(8-6-15)20(25)29-4/h5-12H,13H2,1-4H3,(H,22,24)/b21-12+. The molecule has 2 aromatic rings. The lowest BCUT2D eigenvalue weighted by Gasteiger charge is -2.17. The summed E-state index contributed by atoms with van der Waals surface area (Å²) in [5.74, 6) is -0.486. The van der Waals surface area contributed by atoms with Crippen LogP contribution < -0.4 is 10.2 Å². The smallest absolute Gasteiger partial charge is 0.337 e. The van der Waals surface area contributed by atoms with Crippen molar-refractivity contribution in [3.63, 3.8) is 0 Å². The van der Waals surface area contributed by atoms with E-state index in [-0.39, 0.29) is 4.90 Å². The lowest BCUT2D eigenvalue weighted by molar-refractivity contribution is -0.121. The Balaban J connectivity index is 1.97. The molecule has 0 atom stereocenters. The Hall–Kier alpha value is -3.24. The van der Waals surface area contributed by atoms with Gasteiger partial charge in [0.1, 0.15) is 5.75 Å². The van der Waals surface area contributed by atoms with E-state index in [1.807, 2.05) is 0 Å². The first-order valence-electron chi connectivity index (χ1n) is 8.80. The number of rotatable bonds is 8. The molecule has 0 aliphatic carbocycles. The van der Waals surface area contributed by atoms with Gasteiger partial charge in [0.2, 0.25) is 10.0 Å². The number of amides is 1. The van der Waals surface area contributed by atoms with Crippen molar-refractivity contribution in [1.29, 1.82) is 0 Å². The molecular weight excluding hydrogens is 410 g/mol. The molecule has 2 rings (SSSR count). The second kappa shape index (κ2) is 9.99. The molecule has 2 aromatic carbocycles. The van der Waals surface area contributed by atoms with Gasteiger partial charge in [-0.25, -0.2) is 18.6 Å². The number of hydrogen-bond acceptors (Lipinski definition) is 7. The fourth-order valence-corrected chi connectivity index (χ4v) is 3.73. The van der Waals surface area contributed by atoms with E-state index in [1.54, 1.807) is 37.3 Å². The third kappa shape index (κ3) is 5.65. The van der Waals surface area contributed by atoms with Crippen LogP contribution in [0.25, 0.3) is 0 Å². The van der Waals surface area contributed by atoms with Gasteiger partial charge in [-0.05, 0) is 48.4 Å². The Labute approximate surface area is 175 Å². The minimum absolute atomic E-state index is 0.0605. The molecule has 0 heterocycles. The molecule has 0 aromatic heterocycles. The third-order valence-corrected chi connectivity index (χ3v) is 5.97. The number of sulfonamides is 1. The van der Waals surface area contributed by atoms with Crippen molar-refractivity contribution in [1.82, 2.24) is 9.73 Å². The molecule has 0 bridgehead atoms. The Morgan fingerprint density at radius 2 is 1.80 bits per heavy atom. The zero-order chi connectivity index (χ0) is 22.3. The summed E-state index contributed by atoms with van der Waals surface area (Å²) in [6.07, 6.45) is 1.38. The van der Waals surface area contributed by atoms with E-state index in [9.17, 15) is 18.0 Å². The van der Waals surface area contributed by atoms with Gasteiger partial charge in [0.15, 0.2) is 0 Å². The zero-order valence-corrected chi connectivity index (χ0v) is 17.9. The molecule has 0 aliphatic heterocycles. The highest BCUT2D eigenvalue weighted by atomic mass is 32.2. The Kier molecular flexibility index (Phi) is 7.67. The summed E-state index contributed by atoms with van der Waals surface area (Å²) in [5.41, 5.74) is 3.97. The molecule has 0 radical (unpaired) electrons. The van der Waals surface area contributed by atoms with Crippen molar-refractivity contribution in [2.24, 2.45) is 5.10 Å². The molecule has 10 heteroatoms. The summed E-state index contributed by atoms with van der Waals surface area (Å²) in [4.78, 5) is 23.5. The summed E-state index contributed by atoms with van der Waals surface area (Å²) in [7, 11) is 0.249. The van der Waals surface area contributed by atoms with E-state index >= 15 is 0 Å². The number of carbonyl (C=O) groups is 2. The molecular formula is C20H23N3O6S. The number of aryl methyl sites for hydroxylation is 1. The van der Waals surface area contributed by atoms with Crippen LogP contribution in [0.1, 0.15) is 21.5 Å². The summed E-state index contributed by atoms with van der Waals surface area (Å²) in [6, 6.07) is 10.9. The van der Waals surface area contributed by atoms with Gasteiger partial charge in [-0.15, -0.1) is 0 Å². The first-order chi connectivity index (χ1) is 14.2. The second-order valence-corrected chi connectivity index (χ2v) is 8.34. The van der Waals surface area contributed by atoms with Crippen LogP contribution in [0.2, 0.25) is 0 Å². The molecule has 30 heavy (non-hydrogen) atoms. The van der Waals surface area contributed by atoms with Gasteiger partial charge < -0.3 is 9.47 Å². The number of carbonyl (C=O) groups excluding carboxylic acids is 2. The summed E-state index contributed by atoms with van der Waals surface area (Å²) < 4.78 is 36.0. The topological polar surface area (TPSA) is 114 Å². The fraction of sp³-hybridized carbons (Fsp3) is 0.250. The van der Waals surface area contributed by atoms with Crippen LogP contribution in [0, 0.1) is 6.92 Å². The Morgan fingerprint density at radius 1 is 1.13 bits per heavy atom. The van der Waals surface area contributed by atoms with Crippen LogP contribution in [0.15, 0.2) is 52.5 Å². The number of methoxy groups -OCH3 is 2. The van der Waals surface area contributed by atoms with Gasteiger partial charge in [-0.1, -0.05) is 12.1 Å². The number of hydrazone groups is 1. The molecule has 160 valence electrons. The lowest BCUT2D eigenvalue weighted by atomic mass is 10.1. The van der Waals surface area contributed by atoms with Crippen LogP contribution in [0.4, 0.5) is 0 Å². The first kappa shape index (κ1) is 23.0. The minimum atomic E-state index is -3.85. The number of ether oxygens (including phenoxy) is 2. The van der Waals surface area contributed by atoms with Crippen molar-refractivity contribution in [3.8, 4) is 5.75 Å². The number of benzene rings is 2. The molecule has 1 amide bonds. The van der Waals surface area contributed by atoms with Gasteiger partial charge in [0.25, 0.3) is 5.91 Å². The van der Waals surface area contributed by atoms with Crippen molar-refractivity contribution < 1.29 is 27.5 Å². The highest BCUT2D eigenvalue weighted by Gasteiger charge is 2.23. The molecule has 0 saturated heterocycles. The van der Waals surface area contributed by atoms with E-state index in [2.05, 4.69) is 15.3 Å². The van der Waals surface area contributed by atoms with Crippen molar-refractivity contribution in [2.45, 2.75) is 11.8 Å². The average Bonchev–Trinajstić information content (AvgIpc) is 2.73. The minimum Gasteiger partial charge on any atom is -0.496 e. The normalized spacial score (nSPS) is 11.5. The van der Waals surface area contributed by atoms with Gasteiger partial charge >= 0.3 is 5.97 Å². The van der Waals surface area contributed by atoms with E-state index in [0.29, 0.717) is 22.4 Å². The molecule has 0 saturated carbocycles. The maximum absolute atomic E-state index is 12.7. The quantitative estimate of drug-likeness (QED) is 0.384. The van der Waals surface area contributed by atoms with Gasteiger partial charge in [-0.2, -0.15) is 9.41 Å². The van der Waals surface area contributed by atoms with E-state index in [0.717, 1.165) is 4.31 Å². The van der Waals surface area contributed by atoms with Crippen molar-refractivity contribution in [2.75, 3.05) is 27.8 Å². The van der Waals surface area contributed by atoms with Crippen LogP contribution in [-0.2, 0) is 19.6 Å². The molecule has 1 N–H and O–H groups in total. The summed E-state index contributed by atoms with van der Waals surface area (Å²) in [5, 5.41) is 3.80. The van der Waals surface area contributed by atoms with Gasteiger partial charge in [-0.3, -0.25) is 4.79 Å². The largest absolute Gasteiger partial charge is 0.496 e. The van der Waals surface area contributed by atoms with Crippen LogP contribution in [-0.4, -0.2) is 58.6 Å². The summed E-state index contributed by atoms with van der Waals surface area (Å²) >= 11 is 0. The summed E-state index contributed by atoms with van der Waals surface area (Å²) in [6.45, 7) is 1.32. The molecule has 9 nitrogen and oxygen atoms in total. The predicted molar refractivity (Wildman–Crippen MR) is 111 cm³/mol. The van der Waals surface area contributed by atoms with Gasteiger partial charge in [0, 0.05) is 7.05 Å². The highest BCUT2D eigenvalue weighted by molar-refractivity contribution is 7.89. The lowest BCUT2D eigenvalue weighted by Crippen LogP contribution is -2.36. The Bertz CT molecular complexity index is 1050. The molecule has 0 fully saturated rings. The predicted octanol–water partition coefficient (Wildman–Crippen LogP) is 1.56. The van der Waals surface area contributed by atoms with E-state index in [4.69, 9.17) is 4.74 Å². The fourth-order valence-electron chi connectivity index (χ4n) is 2.52. The maximum Gasteiger partial charge on any atom is 0.337 e. The van der Waals surface area contributed by atoms with Gasteiger partial charge in [0.05, 0.1) is 37.4 Å². The second-order valence-electron chi connectivity index (χ2n) is 6.30. The highest BCUT2D eigenvalue weighted by Crippen LogP contribution is 2.23. The van der Waals surface area contributed by atoms with Crippen LogP contribution >= 0.6 is 0 Å². The maximum atomic E-state index is 12.7. The SMILES string of the molecule is COC(=O)c1ccc(/C=N/NC(=O)CN(C)S(=O)(=O)c2ccc(OC)c(C)c2)cc1. The zero-order valence-electron chi connectivity index (χ0n) is 17.1. The number of nitrogens with zero attached hydrogens (tertiary/aromatic N) is 2. The van der Waals surface area contributed by atoms with Crippen molar-refractivity contribution >= 4 is 28.1 Å². The number of nitrogens with one attached hydrogen (secondary N) is 1. The van der Waals surface area contributed by atoms with E-state index < -0.39 is 28.4 Å². The van der Waals surface area contributed by atoms with Crippen LogP contribution in [0.5, 0.6) is 5.75 Å². The number of likely N-dealkylation sites (N-methyl/N-ethyl adjacent to an activating group) is 1. The Morgan fingerprint density at radius 3 is 2.37 bits per heavy atom. The molecule has 0 spiro atoms. The monoisotopic (exact) mass is 433 g/mol. The third-order valence-electron chi connectivity index (χ3n) is 4.18. The number of hydrogen-bond donors (Lipinski definition) is 1. The molecule has 0 aliphatic rings. The first-order valence-corrected chi connectivity index (χ1v) is 10.2. The molecule has 0 unspecified atom stereocenters.